The van der Waals surface area contributed by atoms with Crippen molar-refractivity contribution in [1.82, 2.24) is 14.8 Å². The average molecular weight is 419 g/mol. The molecule has 4 rings (SSSR count). The molecule has 0 saturated heterocycles. The van der Waals surface area contributed by atoms with E-state index in [4.69, 9.17) is 4.74 Å². The lowest BCUT2D eigenvalue weighted by molar-refractivity contribution is -0.115. The highest BCUT2D eigenvalue weighted by molar-refractivity contribution is 8.00. The molecule has 3 aromatic carbocycles. The Morgan fingerprint density at radius 3 is 2.57 bits per heavy atom. The number of aromatic nitrogens is 3. The molecule has 1 atom stereocenters. The number of carbonyl (C=O) groups excluding carboxylic acids is 1. The van der Waals surface area contributed by atoms with Crippen molar-refractivity contribution in [1.29, 1.82) is 0 Å². The third-order valence-corrected chi connectivity index (χ3v) is 5.84. The van der Waals surface area contributed by atoms with Crippen molar-refractivity contribution in [3.63, 3.8) is 0 Å². The van der Waals surface area contributed by atoms with Crippen LogP contribution in [0.3, 0.4) is 0 Å². The molecule has 1 N–H and O–H groups in total. The fourth-order valence-corrected chi connectivity index (χ4v) is 3.79. The van der Waals surface area contributed by atoms with Gasteiger partial charge in [0.1, 0.15) is 12.4 Å². The lowest BCUT2D eigenvalue weighted by Crippen LogP contribution is -2.22. The van der Waals surface area contributed by atoms with Crippen LogP contribution >= 0.6 is 11.8 Å². The highest BCUT2D eigenvalue weighted by Crippen LogP contribution is 2.24. The number of hydrogen-bond donors (Lipinski definition) is 1. The molecule has 0 radical (unpaired) electrons. The summed E-state index contributed by atoms with van der Waals surface area (Å²) in [5.41, 5.74) is 0.775. The number of thioether (sulfide) groups is 1. The van der Waals surface area contributed by atoms with E-state index in [9.17, 15) is 4.79 Å². The first-order valence-electron chi connectivity index (χ1n) is 9.62. The number of rotatable bonds is 7. The molecule has 7 heteroatoms. The van der Waals surface area contributed by atoms with Crippen molar-refractivity contribution >= 4 is 34.1 Å². The van der Waals surface area contributed by atoms with Gasteiger partial charge in [-0.1, -0.05) is 60.3 Å². The SMILES string of the molecule is C[C@H](Sc1nnc(COc2ccc3ccccc3c2)n1C)C(=O)Nc1ccccc1. The Morgan fingerprint density at radius 2 is 1.77 bits per heavy atom. The third kappa shape index (κ3) is 4.63. The maximum Gasteiger partial charge on any atom is 0.237 e. The number of nitrogens with one attached hydrogen (secondary N) is 1. The molecule has 0 aliphatic carbocycles. The van der Waals surface area contributed by atoms with E-state index < -0.39 is 0 Å². The Balaban J connectivity index is 1.37. The van der Waals surface area contributed by atoms with E-state index in [1.807, 2.05) is 79.2 Å². The maximum atomic E-state index is 12.4. The molecule has 0 unspecified atom stereocenters. The van der Waals surface area contributed by atoms with E-state index in [0.29, 0.717) is 17.6 Å². The Bertz CT molecular complexity index is 1160. The average Bonchev–Trinajstić information content (AvgIpc) is 3.12. The van der Waals surface area contributed by atoms with Crippen molar-refractivity contribution in [2.75, 3.05) is 5.32 Å². The summed E-state index contributed by atoms with van der Waals surface area (Å²) in [6.45, 7) is 2.15. The van der Waals surface area contributed by atoms with Gasteiger partial charge in [-0.15, -0.1) is 10.2 Å². The van der Waals surface area contributed by atoms with E-state index in [1.54, 1.807) is 0 Å². The molecule has 4 aromatic rings. The fraction of sp³-hybridized carbons (Fsp3) is 0.174. The van der Waals surface area contributed by atoms with E-state index in [1.165, 1.54) is 17.1 Å². The molecule has 1 heterocycles. The monoisotopic (exact) mass is 418 g/mol. The Hall–Kier alpha value is -3.32. The number of carbonyl (C=O) groups is 1. The van der Waals surface area contributed by atoms with Crippen molar-refractivity contribution < 1.29 is 9.53 Å². The Kier molecular flexibility index (Phi) is 5.99. The summed E-state index contributed by atoms with van der Waals surface area (Å²) in [6.07, 6.45) is 0. The van der Waals surface area contributed by atoms with Crippen LogP contribution in [0.25, 0.3) is 10.8 Å². The van der Waals surface area contributed by atoms with Crippen LogP contribution in [-0.4, -0.2) is 25.9 Å². The molecule has 152 valence electrons. The quantitative estimate of drug-likeness (QED) is 0.442. The van der Waals surface area contributed by atoms with Crippen LogP contribution in [-0.2, 0) is 18.4 Å². The predicted molar refractivity (Wildman–Crippen MR) is 120 cm³/mol. The van der Waals surface area contributed by atoms with E-state index >= 15 is 0 Å². The smallest absolute Gasteiger partial charge is 0.237 e. The number of nitrogens with zero attached hydrogens (tertiary/aromatic N) is 3. The van der Waals surface area contributed by atoms with Crippen LogP contribution in [0.2, 0.25) is 0 Å². The zero-order chi connectivity index (χ0) is 20.9. The molecule has 1 aromatic heterocycles. The van der Waals surface area contributed by atoms with E-state index in [2.05, 4.69) is 27.6 Å². The predicted octanol–water partition coefficient (Wildman–Crippen LogP) is 4.67. The van der Waals surface area contributed by atoms with Gasteiger partial charge in [0, 0.05) is 12.7 Å². The number of anilines is 1. The topological polar surface area (TPSA) is 69.0 Å². The number of hydrogen-bond acceptors (Lipinski definition) is 5. The van der Waals surface area contributed by atoms with Gasteiger partial charge in [0.05, 0.1) is 5.25 Å². The number of ether oxygens (including phenoxy) is 1. The number of para-hydroxylation sites is 1. The Labute approximate surface area is 179 Å². The first kappa shape index (κ1) is 20.0. The van der Waals surface area contributed by atoms with Crippen LogP contribution in [0, 0.1) is 0 Å². The van der Waals surface area contributed by atoms with E-state index in [-0.39, 0.29) is 11.2 Å². The second-order valence-electron chi connectivity index (χ2n) is 6.87. The second kappa shape index (κ2) is 9.00. The number of benzene rings is 3. The summed E-state index contributed by atoms with van der Waals surface area (Å²) < 4.78 is 7.77. The molecule has 0 bridgehead atoms. The van der Waals surface area contributed by atoms with Gasteiger partial charge in [0.15, 0.2) is 11.0 Å². The standard InChI is InChI=1S/C23H22N4O2S/c1-16(22(28)24-19-10-4-3-5-11-19)30-23-26-25-21(27(23)2)15-29-20-13-12-17-8-6-7-9-18(17)14-20/h3-14,16H,15H2,1-2H3,(H,24,28)/t16-/m0/s1. The summed E-state index contributed by atoms with van der Waals surface area (Å²) in [5.74, 6) is 1.39. The van der Waals surface area contributed by atoms with Crippen molar-refractivity contribution in [3.8, 4) is 5.75 Å². The van der Waals surface area contributed by atoms with Crippen molar-refractivity contribution in [2.24, 2.45) is 7.05 Å². The molecule has 30 heavy (non-hydrogen) atoms. The minimum absolute atomic E-state index is 0.0804. The van der Waals surface area contributed by atoms with Crippen LogP contribution < -0.4 is 10.1 Å². The molecule has 6 nitrogen and oxygen atoms in total. The largest absolute Gasteiger partial charge is 0.486 e. The molecule has 0 saturated carbocycles. The molecule has 0 fully saturated rings. The number of fused-ring (bicyclic) bond motifs is 1. The molecule has 0 aliphatic rings. The molecule has 0 spiro atoms. The lowest BCUT2D eigenvalue weighted by Gasteiger charge is -2.12. The summed E-state index contributed by atoms with van der Waals surface area (Å²) in [6, 6.07) is 23.6. The summed E-state index contributed by atoms with van der Waals surface area (Å²) in [5, 5.41) is 14.0. The summed E-state index contributed by atoms with van der Waals surface area (Å²) >= 11 is 1.36. The maximum absolute atomic E-state index is 12.4. The van der Waals surface area contributed by atoms with Crippen molar-refractivity contribution in [2.45, 2.75) is 23.9 Å². The highest BCUT2D eigenvalue weighted by atomic mass is 32.2. The molecular weight excluding hydrogens is 396 g/mol. The van der Waals surface area contributed by atoms with Gasteiger partial charge in [-0.3, -0.25) is 4.79 Å². The van der Waals surface area contributed by atoms with Crippen LogP contribution in [0.1, 0.15) is 12.7 Å². The molecule has 1 amide bonds. The summed E-state index contributed by atoms with van der Waals surface area (Å²) in [4.78, 5) is 12.4. The second-order valence-corrected chi connectivity index (χ2v) is 8.18. The van der Waals surface area contributed by atoms with Crippen molar-refractivity contribution in [3.05, 3.63) is 78.6 Å². The van der Waals surface area contributed by atoms with Crippen LogP contribution in [0.15, 0.2) is 78.0 Å². The Morgan fingerprint density at radius 1 is 1.03 bits per heavy atom. The van der Waals surface area contributed by atoms with Gasteiger partial charge < -0.3 is 14.6 Å². The van der Waals surface area contributed by atoms with Gasteiger partial charge in [-0.25, -0.2) is 0 Å². The zero-order valence-electron chi connectivity index (χ0n) is 16.8. The van der Waals surface area contributed by atoms with Gasteiger partial charge in [0.2, 0.25) is 5.91 Å². The minimum Gasteiger partial charge on any atom is -0.486 e. The van der Waals surface area contributed by atoms with Crippen LogP contribution in [0.5, 0.6) is 5.75 Å². The molecule has 0 aliphatic heterocycles. The highest BCUT2D eigenvalue weighted by Gasteiger charge is 2.19. The molecular formula is C23H22N4O2S. The van der Waals surface area contributed by atoms with Gasteiger partial charge in [-0.2, -0.15) is 0 Å². The van der Waals surface area contributed by atoms with E-state index in [0.717, 1.165) is 16.8 Å². The van der Waals surface area contributed by atoms with Gasteiger partial charge >= 0.3 is 0 Å². The normalized spacial score (nSPS) is 11.9. The lowest BCUT2D eigenvalue weighted by atomic mass is 10.1. The summed E-state index contributed by atoms with van der Waals surface area (Å²) in [7, 11) is 1.88. The van der Waals surface area contributed by atoms with Gasteiger partial charge in [0.25, 0.3) is 0 Å². The first-order chi connectivity index (χ1) is 14.6. The van der Waals surface area contributed by atoms with Gasteiger partial charge in [-0.05, 0) is 42.0 Å². The minimum atomic E-state index is -0.317. The number of amides is 1. The van der Waals surface area contributed by atoms with Crippen LogP contribution in [0.4, 0.5) is 5.69 Å². The zero-order valence-corrected chi connectivity index (χ0v) is 17.6. The fourth-order valence-electron chi connectivity index (χ4n) is 2.96. The first-order valence-corrected chi connectivity index (χ1v) is 10.5. The third-order valence-electron chi connectivity index (χ3n) is 4.71.